The van der Waals surface area contributed by atoms with Gasteiger partial charge in [0.2, 0.25) is 0 Å². The Labute approximate surface area is 124 Å². The molecule has 0 aliphatic carbocycles. The van der Waals surface area contributed by atoms with Crippen LogP contribution in [0.15, 0.2) is 6.07 Å². The fraction of sp³-hybridized carbons (Fsp3) is 0.615. The van der Waals surface area contributed by atoms with Gasteiger partial charge in [-0.3, -0.25) is 0 Å². The second-order valence-electron chi connectivity index (χ2n) is 4.98. The summed E-state index contributed by atoms with van der Waals surface area (Å²) < 4.78 is 0. The molecule has 1 aliphatic heterocycles. The predicted octanol–water partition coefficient (Wildman–Crippen LogP) is 3.18. The van der Waals surface area contributed by atoms with E-state index in [1.807, 2.05) is 6.92 Å². The van der Waals surface area contributed by atoms with E-state index in [2.05, 4.69) is 27.6 Å². The molecule has 4 nitrogen and oxygen atoms in total. The molecule has 19 heavy (non-hydrogen) atoms. The molecule has 2 N–H and O–H groups in total. The second kappa shape index (κ2) is 6.64. The number of halogens is 2. The average molecular weight is 303 g/mol. The Morgan fingerprint density at radius 2 is 2.00 bits per heavy atom. The molecule has 2 heterocycles. The lowest BCUT2D eigenvalue weighted by Crippen LogP contribution is -2.19. The number of likely N-dealkylation sites (tertiary alicyclic amines) is 1. The molecule has 6 heteroatoms. The zero-order valence-electron chi connectivity index (χ0n) is 11.3. The molecule has 1 aromatic heterocycles. The maximum Gasteiger partial charge on any atom is 0.147 e. The highest BCUT2D eigenvalue weighted by Gasteiger charge is 2.19. The molecule has 2 rings (SSSR count). The third-order valence-electron chi connectivity index (χ3n) is 3.32. The van der Waals surface area contributed by atoms with Gasteiger partial charge in [-0.05, 0) is 38.9 Å². The molecule has 0 amide bonds. The minimum Gasteiger partial charge on any atom is -0.369 e. The van der Waals surface area contributed by atoms with E-state index >= 15 is 0 Å². The Morgan fingerprint density at radius 3 is 2.58 bits per heavy atom. The molecule has 1 atom stereocenters. The van der Waals surface area contributed by atoms with Gasteiger partial charge in [0.05, 0.1) is 10.0 Å². The van der Waals surface area contributed by atoms with Crippen LogP contribution in [0.2, 0.25) is 10.0 Å². The molecule has 1 saturated heterocycles. The summed E-state index contributed by atoms with van der Waals surface area (Å²) in [5.74, 6) is 2.04. The summed E-state index contributed by atoms with van der Waals surface area (Å²) in [5, 5.41) is 7.58. The topological polar surface area (TPSA) is 40.2 Å². The zero-order valence-corrected chi connectivity index (χ0v) is 12.9. The van der Waals surface area contributed by atoms with Crippen LogP contribution in [0.4, 0.5) is 11.6 Å². The van der Waals surface area contributed by atoms with Crippen molar-refractivity contribution < 1.29 is 0 Å². The largest absolute Gasteiger partial charge is 0.369 e. The molecule has 0 spiro atoms. The summed E-state index contributed by atoms with van der Waals surface area (Å²) in [6, 6.07) is 1.73. The SMILES string of the molecule is CCNc1nc(NCC2CCN(C)C2)c(Cl)cc1Cl. The van der Waals surface area contributed by atoms with Gasteiger partial charge < -0.3 is 15.5 Å². The smallest absolute Gasteiger partial charge is 0.147 e. The lowest BCUT2D eigenvalue weighted by Gasteiger charge is -2.15. The Morgan fingerprint density at radius 1 is 1.32 bits per heavy atom. The lowest BCUT2D eigenvalue weighted by molar-refractivity contribution is 0.399. The summed E-state index contributed by atoms with van der Waals surface area (Å²) in [6.45, 7) is 5.97. The van der Waals surface area contributed by atoms with Crippen molar-refractivity contribution in [2.24, 2.45) is 5.92 Å². The summed E-state index contributed by atoms with van der Waals surface area (Å²) >= 11 is 12.3. The Hall–Kier alpha value is -0.710. The van der Waals surface area contributed by atoms with Crippen molar-refractivity contribution in [1.29, 1.82) is 0 Å². The van der Waals surface area contributed by atoms with Crippen LogP contribution in [0.25, 0.3) is 0 Å². The van der Waals surface area contributed by atoms with Gasteiger partial charge in [0.25, 0.3) is 0 Å². The fourth-order valence-corrected chi connectivity index (χ4v) is 2.81. The molecule has 1 unspecified atom stereocenters. The van der Waals surface area contributed by atoms with Crippen LogP contribution in [0.3, 0.4) is 0 Å². The van der Waals surface area contributed by atoms with Crippen LogP contribution in [0.5, 0.6) is 0 Å². The standard InChI is InChI=1S/C13H20Cl2N4/c1-3-16-12-10(14)6-11(15)13(18-12)17-7-9-4-5-19(2)8-9/h6,9H,3-5,7-8H2,1-2H3,(H2,16,17,18). The number of hydrogen-bond acceptors (Lipinski definition) is 4. The van der Waals surface area contributed by atoms with Crippen LogP contribution in [0.1, 0.15) is 13.3 Å². The molecule has 1 aromatic rings. The van der Waals surface area contributed by atoms with Crippen molar-refractivity contribution in [3.05, 3.63) is 16.1 Å². The van der Waals surface area contributed by atoms with Gasteiger partial charge in [0.15, 0.2) is 0 Å². The van der Waals surface area contributed by atoms with E-state index in [0.29, 0.717) is 27.6 Å². The van der Waals surface area contributed by atoms with E-state index < -0.39 is 0 Å². The highest BCUT2D eigenvalue weighted by molar-refractivity contribution is 6.37. The number of nitrogens with one attached hydrogen (secondary N) is 2. The molecule has 0 radical (unpaired) electrons. The molecular weight excluding hydrogens is 283 g/mol. The molecule has 0 saturated carbocycles. The maximum atomic E-state index is 6.17. The van der Waals surface area contributed by atoms with E-state index in [9.17, 15) is 0 Å². The minimum atomic E-state index is 0.554. The molecular formula is C13H20Cl2N4. The van der Waals surface area contributed by atoms with Crippen LogP contribution >= 0.6 is 23.2 Å². The highest BCUT2D eigenvalue weighted by Crippen LogP contribution is 2.29. The molecule has 106 valence electrons. The molecule has 0 aromatic carbocycles. The first kappa shape index (κ1) is 14.7. The fourth-order valence-electron chi connectivity index (χ4n) is 2.32. The van der Waals surface area contributed by atoms with Crippen LogP contribution in [0, 0.1) is 5.92 Å². The summed E-state index contributed by atoms with van der Waals surface area (Å²) in [6.07, 6.45) is 1.22. The third kappa shape index (κ3) is 3.88. The first-order valence-electron chi connectivity index (χ1n) is 6.62. The zero-order chi connectivity index (χ0) is 13.8. The van der Waals surface area contributed by atoms with Crippen molar-refractivity contribution in [2.75, 3.05) is 43.9 Å². The number of aromatic nitrogens is 1. The molecule has 1 aliphatic rings. The van der Waals surface area contributed by atoms with Gasteiger partial charge in [0.1, 0.15) is 11.6 Å². The first-order chi connectivity index (χ1) is 9.10. The normalized spacial score (nSPS) is 19.7. The van der Waals surface area contributed by atoms with E-state index in [1.165, 1.54) is 6.42 Å². The molecule has 1 fully saturated rings. The first-order valence-corrected chi connectivity index (χ1v) is 7.38. The quantitative estimate of drug-likeness (QED) is 0.876. The van der Waals surface area contributed by atoms with Gasteiger partial charge in [-0.25, -0.2) is 4.98 Å². The number of nitrogens with zero attached hydrogens (tertiary/aromatic N) is 2. The van der Waals surface area contributed by atoms with E-state index in [0.717, 1.165) is 26.2 Å². The van der Waals surface area contributed by atoms with Crippen LogP contribution in [-0.4, -0.2) is 43.1 Å². The van der Waals surface area contributed by atoms with Crippen molar-refractivity contribution in [3.8, 4) is 0 Å². The Kier molecular flexibility index (Phi) is 5.13. The van der Waals surface area contributed by atoms with E-state index in [-0.39, 0.29) is 0 Å². The van der Waals surface area contributed by atoms with Crippen molar-refractivity contribution in [3.63, 3.8) is 0 Å². The van der Waals surface area contributed by atoms with E-state index in [4.69, 9.17) is 23.2 Å². The van der Waals surface area contributed by atoms with Crippen LogP contribution in [-0.2, 0) is 0 Å². The second-order valence-corrected chi connectivity index (χ2v) is 5.79. The van der Waals surface area contributed by atoms with Crippen LogP contribution < -0.4 is 10.6 Å². The lowest BCUT2D eigenvalue weighted by atomic mass is 10.1. The average Bonchev–Trinajstić information content (AvgIpc) is 2.77. The maximum absolute atomic E-state index is 6.17. The third-order valence-corrected chi connectivity index (χ3v) is 3.90. The van der Waals surface area contributed by atoms with Crippen molar-refractivity contribution in [1.82, 2.24) is 9.88 Å². The highest BCUT2D eigenvalue weighted by atomic mass is 35.5. The van der Waals surface area contributed by atoms with Gasteiger partial charge in [0, 0.05) is 19.6 Å². The monoisotopic (exact) mass is 302 g/mol. The molecule has 0 bridgehead atoms. The summed E-state index contributed by atoms with van der Waals surface area (Å²) in [4.78, 5) is 6.78. The predicted molar refractivity (Wildman–Crippen MR) is 82.5 cm³/mol. The number of rotatable bonds is 5. The summed E-state index contributed by atoms with van der Waals surface area (Å²) in [7, 11) is 2.15. The van der Waals surface area contributed by atoms with Gasteiger partial charge in [-0.15, -0.1) is 0 Å². The summed E-state index contributed by atoms with van der Waals surface area (Å²) in [5.41, 5.74) is 0. The number of anilines is 2. The Balaban J connectivity index is 2.00. The Bertz CT molecular complexity index is 439. The van der Waals surface area contributed by atoms with Gasteiger partial charge in [-0.2, -0.15) is 0 Å². The number of pyridine rings is 1. The van der Waals surface area contributed by atoms with Crippen molar-refractivity contribution in [2.45, 2.75) is 13.3 Å². The van der Waals surface area contributed by atoms with Crippen molar-refractivity contribution >= 4 is 34.8 Å². The number of hydrogen-bond donors (Lipinski definition) is 2. The minimum absolute atomic E-state index is 0.554. The van der Waals surface area contributed by atoms with E-state index in [1.54, 1.807) is 6.07 Å². The van der Waals surface area contributed by atoms with Gasteiger partial charge in [-0.1, -0.05) is 23.2 Å². The van der Waals surface area contributed by atoms with Gasteiger partial charge >= 0.3 is 0 Å².